The second-order valence-electron chi connectivity index (χ2n) is 8.34. The van der Waals surface area contributed by atoms with Gasteiger partial charge in [0.2, 0.25) is 11.8 Å². The highest BCUT2D eigenvalue weighted by Crippen LogP contribution is 2.28. The smallest absolute Gasteiger partial charge is 0.225 e. The van der Waals surface area contributed by atoms with Gasteiger partial charge in [-0.2, -0.15) is 0 Å². The van der Waals surface area contributed by atoms with Gasteiger partial charge in [-0.25, -0.2) is 0 Å². The van der Waals surface area contributed by atoms with Crippen LogP contribution in [0.4, 0.5) is 0 Å². The van der Waals surface area contributed by atoms with Crippen molar-refractivity contribution in [2.75, 3.05) is 13.2 Å². The second-order valence-corrected chi connectivity index (χ2v) is 8.34. The van der Waals surface area contributed by atoms with Crippen LogP contribution in [0.5, 0.6) is 0 Å². The van der Waals surface area contributed by atoms with Crippen LogP contribution in [0, 0.1) is 5.92 Å². The molecule has 3 aliphatic rings. The van der Waals surface area contributed by atoms with E-state index in [9.17, 15) is 14.7 Å². The normalized spacial score (nSPS) is 27.6. The lowest BCUT2D eigenvalue weighted by Crippen LogP contribution is -2.53. The third-order valence-electron chi connectivity index (χ3n) is 6.48. The monoisotopic (exact) mass is 386 g/mol. The Balaban J connectivity index is 1.28. The maximum Gasteiger partial charge on any atom is 0.225 e. The number of rotatable bonds is 5. The summed E-state index contributed by atoms with van der Waals surface area (Å²) in [6.07, 6.45) is 5.10. The average Bonchev–Trinajstić information content (AvgIpc) is 2.67. The van der Waals surface area contributed by atoms with Gasteiger partial charge >= 0.3 is 0 Å². The van der Waals surface area contributed by atoms with Gasteiger partial charge in [0, 0.05) is 19.0 Å². The van der Waals surface area contributed by atoms with Gasteiger partial charge in [-0.15, -0.1) is 0 Å². The Bertz CT molecular complexity index is 718. The van der Waals surface area contributed by atoms with Crippen LogP contribution >= 0.6 is 0 Å². The van der Waals surface area contributed by atoms with Crippen LogP contribution in [0.3, 0.4) is 0 Å². The molecule has 1 aliphatic carbocycles. The van der Waals surface area contributed by atoms with Crippen LogP contribution in [-0.2, 0) is 27.3 Å². The quantitative estimate of drug-likeness (QED) is 0.809. The average molecular weight is 386 g/mol. The van der Waals surface area contributed by atoms with E-state index < -0.39 is 6.10 Å². The van der Waals surface area contributed by atoms with E-state index in [0.717, 1.165) is 45.1 Å². The minimum absolute atomic E-state index is 0.0832. The predicted molar refractivity (Wildman–Crippen MR) is 104 cm³/mol. The maximum absolute atomic E-state index is 12.8. The van der Waals surface area contributed by atoms with E-state index in [2.05, 4.69) is 17.4 Å². The van der Waals surface area contributed by atoms with E-state index in [1.54, 1.807) is 0 Å². The third-order valence-corrected chi connectivity index (χ3v) is 6.48. The van der Waals surface area contributed by atoms with Gasteiger partial charge in [-0.1, -0.05) is 30.7 Å². The molecular weight excluding hydrogens is 356 g/mol. The molecule has 0 bridgehead atoms. The van der Waals surface area contributed by atoms with Crippen molar-refractivity contribution in [2.24, 2.45) is 5.92 Å². The maximum atomic E-state index is 12.8. The van der Waals surface area contributed by atoms with Gasteiger partial charge in [-0.05, 0) is 43.2 Å². The lowest BCUT2D eigenvalue weighted by atomic mass is 9.84. The number of nitrogens with one attached hydrogen (secondary N) is 1. The van der Waals surface area contributed by atoms with Gasteiger partial charge in [-0.3, -0.25) is 9.59 Å². The summed E-state index contributed by atoms with van der Waals surface area (Å²) in [6.45, 7) is 1.26. The van der Waals surface area contributed by atoms with Crippen molar-refractivity contribution >= 4 is 11.8 Å². The summed E-state index contributed by atoms with van der Waals surface area (Å²) in [4.78, 5) is 26.9. The van der Waals surface area contributed by atoms with Crippen molar-refractivity contribution in [3.8, 4) is 0 Å². The fourth-order valence-electron chi connectivity index (χ4n) is 4.45. The van der Waals surface area contributed by atoms with Gasteiger partial charge in [0.25, 0.3) is 0 Å². The topological polar surface area (TPSA) is 78.9 Å². The van der Waals surface area contributed by atoms with Crippen LogP contribution in [0.15, 0.2) is 24.3 Å². The molecule has 2 amide bonds. The molecule has 6 heteroatoms. The highest BCUT2D eigenvalue weighted by molar-refractivity contribution is 5.79. The second kappa shape index (κ2) is 8.62. The van der Waals surface area contributed by atoms with Gasteiger partial charge in [0.15, 0.2) is 0 Å². The summed E-state index contributed by atoms with van der Waals surface area (Å²) in [5.74, 6) is 0.313. The van der Waals surface area contributed by atoms with E-state index >= 15 is 0 Å². The van der Waals surface area contributed by atoms with Crippen molar-refractivity contribution in [1.29, 1.82) is 0 Å². The first-order chi connectivity index (χ1) is 13.6. The number of carbonyl (C=O) groups is 2. The van der Waals surface area contributed by atoms with Crippen LogP contribution in [0.25, 0.3) is 0 Å². The Morgan fingerprint density at radius 1 is 1.14 bits per heavy atom. The SMILES string of the molecule is O=C(N[C@H]1CC[C@@H](CC(=O)N2CCc3ccccc3C2)O[C@@H]1CO)C1CCC1. The number of nitrogens with zero attached hydrogens (tertiary/aromatic N) is 1. The summed E-state index contributed by atoms with van der Waals surface area (Å²) in [6, 6.07) is 8.11. The molecule has 0 spiro atoms. The molecule has 1 saturated heterocycles. The molecule has 0 aromatic heterocycles. The van der Waals surface area contributed by atoms with E-state index in [4.69, 9.17) is 4.74 Å². The molecule has 1 aromatic rings. The van der Waals surface area contributed by atoms with Gasteiger partial charge < -0.3 is 20.1 Å². The predicted octanol–water partition coefficient (Wildman–Crippen LogP) is 1.79. The molecule has 1 aromatic carbocycles. The fraction of sp³-hybridized carbons (Fsp3) is 0.636. The molecule has 1 saturated carbocycles. The molecule has 2 aliphatic heterocycles. The zero-order chi connectivity index (χ0) is 19.5. The van der Waals surface area contributed by atoms with Crippen LogP contribution in [0.2, 0.25) is 0 Å². The fourth-order valence-corrected chi connectivity index (χ4v) is 4.45. The number of aliphatic hydroxyl groups is 1. The minimum Gasteiger partial charge on any atom is -0.394 e. The molecule has 28 heavy (non-hydrogen) atoms. The standard InChI is InChI=1S/C22H30N2O4/c25-14-20-19(23-22(27)16-6-3-7-16)9-8-18(28-20)12-21(26)24-11-10-15-4-1-2-5-17(15)13-24/h1-2,4-5,16,18-20,25H,3,6-14H2,(H,23,27)/t18-,19-,20+/m0/s1. The Kier molecular flexibility index (Phi) is 5.97. The van der Waals surface area contributed by atoms with Crippen LogP contribution in [0.1, 0.15) is 49.7 Å². The highest BCUT2D eigenvalue weighted by atomic mass is 16.5. The molecule has 2 heterocycles. The van der Waals surface area contributed by atoms with Crippen LogP contribution in [-0.4, -0.2) is 53.2 Å². The lowest BCUT2D eigenvalue weighted by molar-refractivity contribution is -0.144. The first kappa shape index (κ1) is 19.4. The molecule has 0 unspecified atom stereocenters. The Hall–Kier alpha value is -1.92. The van der Waals surface area contributed by atoms with E-state index in [1.807, 2.05) is 17.0 Å². The highest BCUT2D eigenvalue weighted by Gasteiger charge is 2.35. The van der Waals surface area contributed by atoms with Crippen molar-refractivity contribution in [1.82, 2.24) is 10.2 Å². The first-order valence-electron chi connectivity index (χ1n) is 10.6. The molecule has 0 radical (unpaired) electrons. The molecule has 6 nitrogen and oxygen atoms in total. The Morgan fingerprint density at radius 3 is 2.64 bits per heavy atom. The largest absolute Gasteiger partial charge is 0.394 e. The molecule has 2 N–H and O–H groups in total. The zero-order valence-corrected chi connectivity index (χ0v) is 16.3. The van der Waals surface area contributed by atoms with E-state index in [1.165, 1.54) is 11.1 Å². The number of carbonyl (C=O) groups excluding carboxylic acids is 2. The number of hydrogen-bond donors (Lipinski definition) is 2. The van der Waals surface area contributed by atoms with Crippen molar-refractivity contribution in [2.45, 2.75) is 69.7 Å². The number of benzene rings is 1. The minimum atomic E-state index is -0.433. The summed E-state index contributed by atoms with van der Waals surface area (Å²) < 4.78 is 6.00. The Morgan fingerprint density at radius 2 is 1.93 bits per heavy atom. The van der Waals surface area contributed by atoms with Gasteiger partial charge in [0.05, 0.1) is 25.2 Å². The van der Waals surface area contributed by atoms with Crippen molar-refractivity contribution in [3.05, 3.63) is 35.4 Å². The third kappa shape index (κ3) is 4.23. The lowest BCUT2D eigenvalue weighted by Gasteiger charge is -2.38. The van der Waals surface area contributed by atoms with Gasteiger partial charge in [0.1, 0.15) is 6.10 Å². The number of aliphatic hydroxyl groups excluding tert-OH is 1. The number of hydrogen-bond acceptors (Lipinski definition) is 4. The molecule has 2 fully saturated rings. The van der Waals surface area contributed by atoms with Crippen molar-refractivity contribution in [3.63, 3.8) is 0 Å². The zero-order valence-electron chi connectivity index (χ0n) is 16.3. The number of fused-ring (bicyclic) bond motifs is 1. The Labute approximate surface area is 166 Å². The molecule has 152 valence electrons. The molecular formula is C22H30N2O4. The number of amides is 2. The molecule has 4 rings (SSSR count). The summed E-state index contributed by atoms with van der Waals surface area (Å²) in [5.41, 5.74) is 2.55. The van der Waals surface area contributed by atoms with Crippen molar-refractivity contribution < 1.29 is 19.4 Å². The number of ether oxygens (including phenoxy) is 1. The summed E-state index contributed by atoms with van der Waals surface area (Å²) >= 11 is 0. The molecule has 3 atom stereocenters. The summed E-state index contributed by atoms with van der Waals surface area (Å²) in [7, 11) is 0. The first-order valence-corrected chi connectivity index (χ1v) is 10.6. The van der Waals surface area contributed by atoms with E-state index in [-0.39, 0.29) is 36.5 Å². The van der Waals surface area contributed by atoms with E-state index in [0.29, 0.717) is 13.0 Å². The van der Waals surface area contributed by atoms with Crippen LogP contribution < -0.4 is 5.32 Å². The summed E-state index contributed by atoms with van der Waals surface area (Å²) in [5, 5.41) is 12.8.